The third kappa shape index (κ3) is 4.11. The summed E-state index contributed by atoms with van der Waals surface area (Å²) in [5, 5.41) is 2.14. The fraction of sp³-hybridized carbons (Fsp3) is 0.500. The molecule has 3 N–H and O–H groups in total. The van der Waals surface area contributed by atoms with Gasteiger partial charge < -0.3 is 11.1 Å². The molecule has 1 aromatic rings. The zero-order chi connectivity index (χ0) is 15.6. The normalized spacial score (nSPS) is 22.9. The van der Waals surface area contributed by atoms with E-state index >= 15 is 0 Å². The van der Waals surface area contributed by atoms with E-state index in [2.05, 4.69) is 5.32 Å². The first-order valence-corrected chi connectivity index (χ1v) is 7.08. The minimum absolute atomic E-state index is 0.103. The molecule has 0 bridgehead atoms. The Bertz CT molecular complexity index is 525. The van der Waals surface area contributed by atoms with E-state index in [1.165, 1.54) is 6.07 Å². The minimum atomic E-state index is -4.55. The number of carbonyl (C=O) groups is 1. The molecule has 0 aromatic heterocycles. The number of nitrogens with two attached hydrogens (primary N) is 1. The van der Waals surface area contributed by atoms with Crippen LogP contribution in [0.15, 0.2) is 18.2 Å². The van der Waals surface area contributed by atoms with Crippen LogP contribution in [0.25, 0.3) is 0 Å². The van der Waals surface area contributed by atoms with E-state index < -0.39 is 11.7 Å². The number of carbonyl (C=O) groups excluding carboxylic acids is 1. The first-order chi connectivity index (χ1) is 9.77. The summed E-state index contributed by atoms with van der Waals surface area (Å²) in [4.78, 5) is 12.1. The van der Waals surface area contributed by atoms with E-state index in [9.17, 15) is 18.0 Å². The number of anilines is 1. The quantitative estimate of drug-likeness (QED) is 0.870. The lowest BCUT2D eigenvalue weighted by molar-refractivity contribution is -0.137. The van der Waals surface area contributed by atoms with Crippen LogP contribution in [-0.4, -0.2) is 11.9 Å². The molecule has 3 nitrogen and oxygen atoms in total. The highest BCUT2D eigenvalue weighted by Crippen LogP contribution is 2.36. The Labute approximate surface area is 125 Å². The maximum absolute atomic E-state index is 12.8. The minimum Gasteiger partial charge on any atom is -0.328 e. The van der Waals surface area contributed by atoms with Crippen molar-refractivity contribution in [3.05, 3.63) is 28.8 Å². The summed E-state index contributed by atoms with van der Waals surface area (Å²) in [7, 11) is 0. The van der Waals surface area contributed by atoms with Gasteiger partial charge in [0.05, 0.1) is 10.6 Å². The third-order valence-corrected chi connectivity index (χ3v) is 4.01. The van der Waals surface area contributed by atoms with Crippen LogP contribution in [0, 0.1) is 5.92 Å². The summed E-state index contributed by atoms with van der Waals surface area (Å²) in [6, 6.07) is 3.47. The van der Waals surface area contributed by atoms with Crippen LogP contribution in [-0.2, 0) is 11.0 Å². The van der Waals surface area contributed by atoms with Crippen molar-refractivity contribution in [2.45, 2.75) is 37.9 Å². The molecule has 0 aliphatic heterocycles. The molecule has 2 rings (SSSR count). The van der Waals surface area contributed by atoms with Crippen molar-refractivity contribution in [2.24, 2.45) is 11.7 Å². The van der Waals surface area contributed by atoms with Crippen LogP contribution in [0.4, 0.5) is 18.9 Å². The Morgan fingerprint density at radius 2 is 1.86 bits per heavy atom. The fourth-order valence-electron chi connectivity index (χ4n) is 2.45. The SMILES string of the molecule is NC1CCC(C(=O)Nc2ccc(Cl)c(C(F)(F)F)c2)CC1. The molecular formula is C14H16ClF3N2O. The van der Waals surface area contributed by atoms with Gasteiger partial charge >= 0.3 is 6.18 Å². The van der Waals surface area contributed by atoms with E-state index in [-0.39, 0.29) is 28.6 Å². The van der Waals surface area contributed by atoms with E-state index in [1.807, 2.05) is 0 Å². The third-order valence-electron chi connectivity index (χ3n) is 3.68. The maximum atomic E-state index is 12.8. The molecular weight excluding hydrogens is 305 g/mol. The second-order valence-corrected chi connectivity index (χ2v) is 5.70. The van der Waals surface area contributed by atoms with E-state index in [4.69, 9.17) is 17.3 Å². The van der Waals surface area contributed by atoms with E-state index in [0.29, 0.717) is 12.8 Å². The lowest BCUT2D eigenvalue weighted by Gasteiger charge is -2.25. The highest BCUT2D eigenvalue weighted by atomic mass is 35.5. The Kier molecular flexibility index (Phi) is 4.78. The largest absolute Gasteiger partial charge is 0.417 e. The maximum Gasteiger partial charge on any atom is 0.417 e. The zero-order valence-corrected chi connectivity index (χ0v) is 12.0. The average molecular weight is 321 g/mol. The predicted octanol–water partition coefficient (Wildman–Crippen LogP) is 3.81. The smallest absolute Gasteiger partial charge is 0.328 e. The number of hydrogen-bond donors (Lipinski definition) is 2. The fourth-order valence-corrected chi connectivity index (χ4v) is 2.67. The Balaban J connectivity index is 2.08. The van der Waals surface area contributed by atoms with Crippen molar-refractivity contribution >= 4 is 23.2 Å². The highest BCUT2D eigenvalue weighted by molar-refractivity contribution is 6.31. The second kappa shape index (κ2) is 6.23. The van der Waals surface area contributed by atoms with Crippen LogP contribution in [0.2, 0.25) is 5.02 Å². The summed E-state index contributed by atoms with van der Waals surface area (Å²) < 4.78 is 38.3. The van der Waals surface area contributed by atoms with Crippen molar-refractivity contribution in [3.8, 4) is 0 Å². The van der Waals surface area contributed by atoms with Gasteiger partial charge in [0.15, 0.2) is 0 Å². The highest BCUT2D eigenvalue weighted by Gasteiger charge is 2.33. The molecule has 0 unspecified atom stereocenters. The van der Waals surface area contributed by atoms with Crippen molar-refractivity contribution in [2.75, 3.05) is 5.32 Å². The lowest BCUT2D eigenvalue weighted by atomic mass is 9.86. The van der Waals surface area contributed by atoms with Gasteiger partial charge in [-0.3, -0.25) is 4.79 Å². The van der Waals surface area contributed by atoms with Gasteiger partial charge in [-0.25, -0.2) is 0 Å². The van der Waals surface area contributed by atoms with Gasteiger partial charge in [-0.2, -0.15) is 13.2 Å². The lowest BCUT2D eigenvalue weighted by Crippen LogP contribution is -2.32. The van der Waals surface area contributed by atoms with Crippen LogP contribution < -0.4 is 11.1 Å². The van der Waals surface area contributed by atoms with Crippen LogP contribution in [0.1, 0.15) is 31.2 Å². The monoisotopic (exact) mass is 320 g/mol. The van der Waals surface area contributed by atoms with Gasteiger partial charge in [-0.15, -0.1) is 0 Å². The van der Waals surface area contributed by atoms with Crippen LogP contribution >= 0.6 is 11.6 Å². The number of hydrogen-bond acceptors (Lipinski definition) is 2. The molecule has 1 aromatic carbocycles. The summed E-state index contributed by atoms with van der Waals surface area (Å²) in [5.41, 5.74) is 4.91. The Hall–Kier alpha value is -1.27. The molecule has 0 spiro atoms. The van der Waals surface area contributed by atoms with E-state index in [0.717, 1.165) is 25.0 Å². The molecule has 1 amide bonds. The zero-order valence-electron chi connectivity index (χ0n) is 11.2. The van der Waals surface area contributed by atoms with Gasteiger partial charge in [-0.1, -0.05) is 11.6 Å². The molecule has 0 heterocycles. The number of benzene rings is 1. The van der Waals surface area contributed by atoms with E-state index in [1.54, 1.807) is 0 Å². The number of amides is 1. The topological polar surface area (TPSA) is 55.1 Å². The molecule has 21 heavy (non-hydrogen) atoms. The van der Waals surface area contributed by atoms with Gasteiger partial charge in [0.2, 0.25) is 5.91 Å². The van der Waals surface area contributed by atoms with Crippen LogP contribution in [0.3, 0.4) is 0 Å². The first-order valence-electron chi connectivity index (χ1n) is 6.70. The van der Waals surface area contributed by atoms with Gasteiger partial charge in [0.25, 0.3) is 0 Å². The van der Waals surface area contributed by atoms with Gasteiger partial charge in [0, 0.05) is 17.6 Å². The second-order valence-electron chi connectivity index (χ2n) is 5.29. The Morgan fingerprint density at radius 1 is 1.24 bits per heavy atom. The summed E-state index contributed by atoms with van der Waals surface area (Å²) in [6.45, 7) is 0. The summed E-state index contributed by atoms with van der Waals surface area (Å²) >= 11 is 5.54. The van der Waals surface area contributed by atoms with Crippen molar-refractivity contribution in [1.82, 2.24) is 0 Å². The molecule has 0 radical (unpaired) electrons. The molecule has 116 valence electrons. The summed E-state index contributed by atoms with van der Waals surface area (Å²) in [6.07, 6.45) is -1.71. The number of halogens is 4. The first kappa shape index (κ1) is 16.1. The summed E-state index contributed by atoms with van der Waals surface area (Å²) in [5.74, 6) is -0.466. The molecule has 1 fully saturated rings. The van der Waals surface area contributed by atoms with Gasteiger partial charge in [-0.05, 0) is 43.9 Å². The number of alkyl halides is 3. The molecule has 1 saturated carbocycles. The van der Waals surface area contributed by atoms with Crippen molar-refractivity contribution in [1.29, 1.82) is 0 Å². The van der Waals surface area contributed by atoms with Gasteiger partial charge in [0.1, 0.15) is 0 Å². The molecule has 1 aliphatic carbocycles. The standard InChI is InChI=1S/C14H16ClF3N2O/c15-12-6-5-10(7-11(12)14(16,17)18)20-13(21)8-1-3-9(19)4-2-8/h5-9H,1-4,19H2,(H,20,21). The number of nitrogens with one attached hydrogen (secondary N) is 1. The van der Waals surface area contributed by atoms with Crippen molar-refractivity contribution < 1.29 is 18.0 Å². The molecule has 0 atom stereocenters. The molecule has 1 aliphatic rings. The Morgan fingerprint density at radius 3 is 2.43 bits per heavy atom. The average Bonchev–Trinajstić information content (AvgIpc) is 2.40. The predicted molar refractivity (Wildman–Crippen MR) is 75.0 cm³/mol. The molecule has 7 heteroatoms. The van der Waals surface area contributed by atoms with Crippen molar-refractivity contribution in [3.63, 3.8) is 0 Å². The number of rotatable bonds is 2. The van der Waals surface area contributed by atoms with Crippen LogP contribution in [0.5, 0.6) is 0 Å². The molecule has 0 saturated heterocycles.